The Kier molecular flexibility index (Phi) is 4.79. The maximum atomic E-state index is 11.0. The van der Waals surface area contributed by atoms with E-state index in [9.17, 15) is 4.79 Å². The predicted molar refractivity (Wildman–Crippen MR) is 61.2 cm³/mol. The first kappa shape index (κ1) is 12.5. The maximum absolute atomic E-state index is 11.0. The van der Waals surface area contributed by atoms with Gasteiger partial charge in [-0.25, -0.2) is 0 Å². The molecule has 1 aromatic rings. The smallest absolute Gasteiger partial charge is 0.305 e. The van der Waals surface area contributed by atoms with Crippen LogP contribution in [-0.2, 0) is 9.53 Å². The molecule has 0 spiro atoms. The number of hydrogen-bond acceptors (Lipinski definition) is 4. The fourth-order valence-electron chi connectivity index (χ4n) is 1.41. The molecule has 1 rings (SSSR count). The van der Waals surface area contributed by atoms with Crippen molar-refractivity contribution >= 4 is 5.97 Å². The first-order valence-electron chi connectivity index (χ1n) is 5.13. The van der Waals surface area contributed by atoms with Crippen molar-refractivity contribution in [2.75, 3.05) is 14.2 Å². The Morgan fingerprint density at radius 1 is 1.44 bits per heavy atom. The molecule has 0 heterocycles. The van der Waals surface area contributed by atoms with E-state index >= 15 is 0 Å². The molecule has 0 radical (unpaired) electrons. The van der Waals surface area contributed by atoms with Crippen LogP contribution in [0.25, 0.3) is 0 Å². The molecule has 1 aromatic carbocycles. The molecule has 16 heavy (non-hydrogen) atoms. The number of carbonyl (C=O) groups is 1. The summed E-state index contributed by atoms with van der Waals surface area (Å²) < 4.78 is 9.67. The van der Waals surface area contributed by atoms with E-state index in [-0.39, 0.29) is 12.0 Å². The topological polar surface area (TPSA) is 61.5 Å². The van der Waals surface area contributed by atoms with E-state index in [0.29, 0.717) is 12.8 Å². The van der Waals surface area contributed by atoms with Gasteiger partial charge in [0.15, 0.2) is 0 Å². The molecule has 0 saturated heterocycles. The lowest BCUT2D eigenvalue weighted by Gasteiger charge is -2.12. The van der Waals surface area contributed by atoms with Crippen molar-refractivity contribution in [2.45, 2.75) is 18.9 Å². The summed E-state index contributed by atoms with van der Waals surface area (Å²) >= 11 is 0. The Bertz CT molecular complexity index is 352. The van der Waals surface area contributed by atoms with Gasteiger partial charge in [-0.3, -0.25) is 4.79 Å². The Hall–Kier alpha value is -1.55. The minimum absolute atomic E-state index is 0.172. The predicted octanol–water partition coefficient (Wildman–Crippen LogP) is 1.65. The van der Waals surface area contributed by atoms with Crippen molar-refractivity contribution in [2.24, 2.45) is 5.73 Å². The molecule has 0 bridgehead atoms. The van der Waals surface area contributed by atoms with Crippen LogP contribution in [0.1, 0.15) is 24.4 Å². The van der Waals surface area contributed by atoms with Crippen LogP contribution in [0.5, 0.6) is 5.75 Å². The van der Waals surface area contributed by atoms with Gasteiger partial charge in [-0.05, 0) is 24.1 Å². The molecule has 0 aromatic heterocycles. The monoisotopic (exact) mass is 223 g/mol. The van der Waals surface area contributed by atoms with Crippen molar-refractivity contribution in [3.63, 3.8) is 0 Å². The maximum Gasteiger partial charge on any atom is 0.305 e. The van der Waals surface area contributed by atoms with E-state index in [2.05, 4.69) is 4.74 Å². The number of benzene rings is 1. The summed E-state index contributed by atoms with van der Waals surface area (Å²) in [5.74, 6) is 0.532. The number of ether oxygens (including phenoxy) is 2. The minimum atomic E-state index is -0.238. The van der Waals surface area contributed by atoms with Gasteiger partial charge in [0.2, 0.25) is 0 Å². The Balaban J connectivity index is 2.58. The zero-order chi connectivity index (χ0) is 12.0. The summed E-state index contributed by atoms with van der Waals surface area (Å²) in [4.78, 5) is 11.0. The summed E-state index contributed by atoms with van der Waals surface area (Å²) in [5, 5.41) is 0. The molecular formula is C12H17NO3. The van der Waals surface area contributed by atoms with Crippen molar-refractivity contribution in [3.05, 3.63) is 29.8 Å². The number of nitrogens with two attached hydrogens (primary N) is 1. The quantitative estimate of drug-likeness (QED) is 0.771. The zero-order valence-electron chi connectivity index (χ0n) is 9.60. The molecule has 4 nitrogen and oxygen atoms in total. The Morgan fingerprint density at radius 2 is 2.19 bits per heavy atom. The average molecular weight is 223 g/mol. The van der Waals surface area contributed by atoms with E-state index in [0.717, 1.165) is 11.3 Å². The lowest BCUT2D eigenvalue weighted by Crippen LogP contribution is -2.13. The molecule has 0 saturated carbocycles. The lowest BCUT2D eigenvalue weighted by molar-refractivity contribution is -0.140. The zero-order valence-corrected chi connectivity index (χ0v) is 9.60. The number of methoxy groups -OCH3 is 2. The Labute approximate surface area is 95.3 Å². The van der Waals surface area contributed by atoms with Crippen LogP contribution >= 0.6 is 0 Å². The molecule has 0 amide bonds. The third-order valence-corrected chi connectivity index (χ3v) is 2.41. The summed E-state index contributed by atoms with van der Waals surface area (Å²) in [6.45, 7) is 0. The van der Waals surface area contributed by atoms with Gasteiger partial charge in [0.1, 0.15) is 5.75 Å². The number of rotatable bonds is 5. The van der Waals surface area contributed by atoms with Crippen molar-refractivity contribution in [1.29, 1.82) is 0 Å². The van der Waals surface area contributed by atoms with E-state index in [1.807, 2.05) is 24.3 Å². The summed E-state index contributed by atoms with van der Waals surface area (Å²) in [7, 11) is 2.98. The summed E-state index contributed by atoms with van der Waals surface area (Å²) in [5.41, 5.74) is 6.92. The van der Waals surface area contributed by atoms with Crippen LogP contribution in [0.2, 0.25) is 0 Å². The second-order valence-corrected chi connectivity index (χ2v) is 3.50. The second kappa shape index (κ2) is 6.12. The van der Waals surface area contributed by atoms with Gasteiger partial charge in [0, 0.05) is 12.5 Å². The van der Waals surface area contributed by atoms with Gasteiger partial charge in [0.05, 0.1) is 14.2 Å². The molecule has 0 aliphatic rings. The van der Waals surface area contributed by atoms with E-state index < -0.39 is 0 Å². The lowest BCUT2D eigenvalue weighted by atomic mass is 10.0. The molecule has 88 valence electrons. The van der Waals surface area contributed by atoms with Crippen molar-refractivity contribution in [1.82, 2.24) is 0 Å². The van der Waals surface area contributed by atoms with Crippen LogP contribution in [0, 0.1) is 0 Å². The van der Waals surface area contributed by atoms with Crippen LogP contribution in [0.15, 0.2) is 24.3 Å². The fraction of sp³-hybridized carbons (Fsp3) is 0.417. The van der Waals surface area contributed by atoms with Gasteiger partial charge in [-0.1, -0.05) is 12.1 Å². The first-order chi connectivity index (χ1) is 7.67. The van der Waals surface area contributed by atoms with Crippen molar-refractivity contribution in [3.8, 4) is 5.75 Å². The highest BCUT2D eigenvalue weighted by atomic mass is 16.5. The highest BCUT2D eigenvalue weighted by Crippen LogP contribution is 2.20. The molecule has 0 fully saturated rings. The summed E-state index contributed by atoms with van der Waals surface area (Å²) in [6.07, 6.45) is 0.898. The second-order valence-electron chi connectivity index (χ2n) is 3.50. The average Bonchev–Trinajstić information content (AvgIpc) is 2.35. The molecule has 1 unspecified atom stereocenters. The fourth-order valence-corrected chi connectivity index (χ4v) is 1.41. The third kappa shape index (κ3) is 3.55. The molecular weight excluding hydrogens is 206 g/mol. The number of hydrogen-bond donors (Lipinski definition) is 1. The number of carbonyl (C=O) groups excluding carboxylic acids is 1. The highest BCUT2D eigenvalue weighted by molar-refractivity contribution is 5.69. The molecule has 4 heteroatoms. The number of esters is 1. The molecule has 1 atom stereocenters. The highest BCUT2D eigenvalue weighted by Gasteiger charge is 2.09. The van der Waals surface area contributed by atoms with Gasteiger partial charge in [-0.2, -0.15) is 0 Å². The van der Waals surface area contributed by atoms with Crippen LogP contribution in [0.4, 0.5) is 0 Å². The molecule has 0 aliphatic heterocycles. The van der Waals surface area contributed by atoms with E-state index in [1.165, 1.54) is 7.11 Å². The van der Waals surface area contributed by atoms with Crippen LogP contribution in [-0.4, -0.2) is 20.2 Å². The molecule has 0 aliphatic carbocycles. The first-order valence-corrected chi connectivity index (χ1v) is 5.13. The van der Waals surface area contributed by atoms with Crippen LogP contribution in [0.3, 0.4) is 0 Å². The standard InChI is InChI=1S/C12H17NO3/c1-15-10-5-3-4-9(8-10)11(13)6-7-12(14)16-2/h3-5,8,11H,6-7,13H2,1-2H3. The van der Waals surface area contributed by atoms with Crippen molar-refractivity contribution < 1.29 is 14.3 Å². The van der Waals surface area contributed by atoms with E-state index in [1.54, 1.807) is 7.11 Å². The van der Waals surface area contributed by atoms with Gasteiger partial charge in [0.25, 0.3) is 0 Å². The third-order valence-electron chi connectivity index (χ3n) is 2.41. The van der Waals surface area contributed by atoms with Gasteiger partial charge in [-0.15, -0.1) is 0 Å². The van der Waals surface area contributed by atoms with E-state index in [4.69, 9.17) is 10.5 Å². The van der Waals surface area contributed by atoms with Gasteiger partial charge < -0.3 is 15.2 Å². The minimum Gasteiger partial charge on any atom is -0.497 e. The largest absolute Gasteiger partial charge is 0.497 e. The molecule has 2 N–H and O–H groups in total. The summed E-state index contributed by atoms with van der Waals surface area (Å²) in [6, 6.07) is 7.36. The SMILES string of the molecule is COC(=O)CCC(N)c1cccc(OC)c1. The van der Waals surface area contributed by atoms with Crippen LogP contribution < -0.4 is 10.5 Å². The normalized spacial score (nSPS) is 11.9. The Morgan fingerprint density at radius 3 is 2.81 bits per heavy atom. The van der Waals surface area contributed by atoms with Gasteiger partial charge >= 0.3 is 5.97 Å².